The number of hydrogen-bond acceptors (Lipinski definition) is 5. The summed E-state index contributed by atoms with van der Waals surface area (Å²) in [5.41, 5.74) is 0. The van der Waals surface area contributed by atoms with E-state index in [1.165, 1.54) is 11.8 Å². The lowest BCUT2D eigenvalue weighted by Gasteiger charge is -2.06. The molecule has 6 nitrogen and oxygen atoms in total. The van der Waals surface area contributed by atoms with Gasteiger partial charge >= 0.3 is 0 Å². The number of nitrogens with zero attached hydrogens (tertiary/aromatic N) is 3. The third kappa shape index (κ3) is 4.22. The maximum Gasteiger partial charge on any atom is 0.230 e. The first-order chi connectivity index (χ1) is 10.2. The molecule has 1 amide bonds. The molecule has 2 heterocycles. The van der Waals surface area contributed by atoms with Crippen molar-refractivity contribution in [2.75, 3.05) is 5.75 Å². The third-order valence-corrected chi connectivity index (χ3v) is 3.76. The van der Waals surface area contributed by atoms with Gasteiger partial charge in [-0.05, 0) is 12.1 Å². The molecule has 0 radical (unpaired) electrons. The van der Waals surface area contributed by atoms with Gasteiger partial charge in [-0.25, -0.2) is 0 Å². The number of thioether (sulfide) groups is 1. The molecule has 0 aliphatic rings. The highest BCUT2D eigenvalue weighted by molar-refractivity contribution is 7.99. The van der Waals surface area contributed by atoms with Crippen LogP contribution in [-0.4, -0.2) is 26.4 Å². The number of aromatic nitrogens is 3. The van der Waals surface area contributed by atoms with Gasteiger partial charge in [-0.2, -0.15) is 0 Å². The number of carbonyl (C=O) groups excluding carboxylic acids is 1. The minimum atomic E-state index is -0.0670. The predicted molar refractivity (Wildman–Crippen MR) is 80.9 cm³/mol. The number of hydrogen-bond donors (Lipinski definition) is 1. The summed E-state index contributed by atoms with van der Waals surface area (Å²) in [5, 5.41) is 11.8. The summed E-state index contributed by atoms with van der Waals surface area (Å²) in [5.74, 6) is 1.85. The topological polar surface area (TPSA) is 73.0 Å². The smallest absolute Gasteiger partial charge is 0.230 e. The molecule has 2 rings (SSSR count). The van der Waals surface area contributed by atoms with Gasteiger partial charge in [0.25, 0.3) is 0 Å². The largest absolute Gasteiger partial charge is 0.467 e. The second-order valence-electron chi connectivity index (χ2n) is 4.30. The lowest BCUT2D eigenvalue weighted by molar-refractivity contribution is -0.118. The summed E-state index contributed by atoms with van der Waals surface area (Å²) < 4.78 is 7.13. The third-order valence-electron chi connectivity index (χ3n) is 2.79. The van der Waals surface area contributed by atoms with Gasteiger partial charge in [0.1, 0.15) is 11.6 Å². The predicted octanol–water partition coefficient (Wildman–Crippen LogP) is 2.03. The fraction of sp³-hybridized carbons (Fsp3) is 0.357. The van der Waals surface area contributed by atoms with E-state index in [0.29, 0.717) is 18.8 Å². The van der Waals surface area contributed by atoms with E-state index >= 15 is 0 Å². The van der Waals surface area contributed by atoms with Crippen molar-refractivity contribution in [3.63, 3.8) is 0 Å². The number of carbonyl (C=O) groups is 1. The molecule has 1 N–H and O–H groups in total. The van der Waals surface area contributed by atoms with Crippen molar-refractivity contribution < 1.29 is 9.21 Å². The Balaban J connectivity index is 1.86. The fourth-order valence-corrected chi connectivity index (χ4v) is 2.58. The zero-order valence-corrected chi connectivity index (χ0v) is 12.7. The van der Waals surface area contributed by atoms with Gasteiger partial charge in [-0.15, -0.1) is 16.8 Å². The van der Waals surface area contributed by atoms with Crippen LogP contribution >= 0.6 is 11.8 Å². The van der Waals surface area contributed by atoms with Gasteiger partial charge in [0, 0.05) is 13.0 Å². The molecular weight excluding hydrogens is 288 g/mol. The molecule has 0 bridgehead atoms. The second kappa shape index (κ2) is 7.68. The molecule has 7 heteroatoms. The zero-order valence-electron chi connectivity index (χ0n) is 11.9. The van der Waals surface area contributed by atoms with E-state index in [1.54, 1.807) is 18.4 Å². The maximum absolute atomic E-state index is 11.8. The average molecular weight is 306 g/mol. The quantitative estimate of drug-likeness (QED) is 0.597. The highest BCUT2D eigenvalue weighted by Crippen LogP contribution is 2.17. The molecule has 0 spiro atoms. The minimum Gasteiger partial charge on any atom is -0.467 e. The van der Waals surface area contributed by atoms with Crippen LogP contribution in [-0.2, 0) is 24.3 Å². The standard InChI is InChI=1S/C14H18N4O2S/c1-3-7-18-12(4-2)16-17-14(18)21-10-13(19)15-9-11-6-5-8-20-11/h3,5-6,8H,1,4,7,9-10H2,2H3,(H,15,19). The summed E-state index contributed by atoms with van der Waals surface area (Å²) in [7, 11) is 0. The molecule has 0 atom stereocenters. The Morgan fingerprint density at radius 1 is 1.57 bits per heavy atom. The van der Waals surface area contributed by atoms with E-state index in [-0.39, 0.29) is 5.91 Å². The van der Waals surface area contributed by atoms with Crippen LogP contribution in [0.25, 0.3) is 0 Å². The van der Waals surface area contributed by atoms with Crippen molar-refractivity contribution >= 4 is 17.7 Å². The Bertz CT molecular complexity index is 592. The molecule has 0 aromatic carbocycles. The number of rotatable bonds is 8. The Morgan fingerprint density at radius 2 is 2.43 bits per heavy atom. The number of furan rings is 1. The highest BCUT2D eigenvalue weighted by atomic mass is 32.2. The SMILES string of the molecule is C=CCn1c(CC)nnc1SCC(=O)NCc1ccco1. The van der Waals surface area contributed by atoms with E-state index in [9.17, 15) is 4.79 Å². The first-order valence-corrected chi connectivity index (χ1v) is 7.68. The summed E-state index contributed by atoms with van der Waals surface area (Å²) in [6, 6.07) is 3.61. The first kappa shape index (κ1) is 15.4. The molecule has 2 aromatic rings. The van der Waals surface area contributed by atoms with Crippen molar-refractivity contribution in [2.24, 2.45) is 0 Å². The van der Waals surface area contributed by atoms with Gasteiger partial charge in [0.15, 0.2) is 5.16 Å². The Labute approximate surface area is 127 Å². The van der Waals surface area contributed by atoms with Crippen LogP contribution in [0.15, 0.2) is 40.6 Å². The monoisotopic (exact) mass is 306 g/mol. The van der Waals surface area contributed by atoms with Gasteiger partial charge in [0.05, 0.1) is 18.6 Å². The molecule has 21 heavy (non-hydrogen) atoms. The van der Waals surface area contributed by atoms with Crippen molar-refractivity contribution in [2.45, 2.75) is 31.6 Å². The lowest BCUT2D eigenvalue weighted by atomic mass is 10.4. The van der Waals surface area contributed by atoms with Crippen LogP contribution in [0.5, 0.6) is 0 Å². The van der Waals surface area contributed by atoms with Crippen molar-refractivity contribution in [1.82, 2.24) is 20.1 Å². The molecule has 0 fully saturated rings. The molecule has 0 saturated carbocycles. The van der Waals surface area contributed by atoms with Crippen LogP contribution in [0.2, 0.25) is 0 Å². The zero-order chi connectivity index (χ0) is 15.1. The lowest BCUT2D eigenvalue weighted by Crippen LogP contribution is -2.24. The van der Waals surface area contributed by atoms with Crippen LogP contribution < -0.4 is 5.32 Å². The molecular formula is C14H18N4O2S. The van der Waals surface area contributed by atoms with E-state index in [0.717, 1.165) is 23.2 Å². The molecule has 0 unspecified atom stereocenters. The number of nitrogens with one attached hydrogen (secondary N) is 1. The Morgan fingerprint density at radius 3 is 3.10 bits per heavy atom. The van der Waals surface area contributed by atoms with Crippen molar-refractivity contribution in [3.05, 3.63) is 42.6 Å². The first-order valence-electron chi connectivity index (χ1n) is 6.69. The maximum atomic E-state index is 11.8. The van der Waals surface area contributed by atoms with Gasteiger partial charge in [-0.1, -0.05) is 24.8 Å². The number of allylic oxidation sites excluding steroid dienone is 1. The summed E-state index contributed by atoms with van der Waals surface area (Å²) >= 11 is 1.37. The van der Waals surface area contributed by atoms with E-state index in [1.807, 2.05) is 17.6 Å². The van der Waals surface area contributed by atoms with E-state index in [4.69, 9.17) is 4.42 Å². The molecule has 2 aromatic heterocycles. The summed E-state index contributed by atoms with van der Waals surface area (Å²) in [6.07, 6.45) is 4.18. The minimum absolute atomic E-state index is 0.0670. The van der Waals surface area contributed by atoms with Crippen LogP contribution in [0.1, 0.15) is 18.5 Å². The molecule has 112 valence electrons. The van der Waals surface area contributed by atoms with Crippen molar-refractivity contribution in [1.29, 1.82) is 0 Å². The van der Waals surface area contributed by atoms with Crippen LogP contribution in [0.3, 0.4) is 0 Å². The summed E-state index contributed by atoms with van der Waals surface area (Å²) in [6.45, 7) is 6.79. The molecule has 0 aliphatic carbocycles. The fourth-order valence-electron chi connectivity index (χ4n) is 1.78. The Hall–Kier alpha value is -2.02. The number of amides is 1. The molecule has 0 aliphatic heterocycles. The number of aryl methyl sites for hydroxylation is 1. The van der Waals surface area contributed by atoms with Gasteiger partial charge < -0.3 is 14.3 Å². The van der Waals surface area contributed by atoms with E-state index < -0.39 is 0 Å². The van der Waals surface area contributed by atoms with Crippen LogP contribution in [0.4, 0.5) is 0 Å². The van der Waals surface area contributed by atoms with E-state index in [2.05, 4.69) is 22.1 Å². The normalized spacial score (nSPS) is 10.5. The second-order valence-corrected chi connectivity index (χ2v) is 5.24. The average Bonchev–Trinajstić information content (AvgIpc) is 3.13. The summed E-state index contributed by atoms with van der Waals surface area (Å²) in [4.78, 5) is 11.8. The van der Waals surface area contributed by atoms with Gasteiger partial charge in [0.2, 0.25) is 5.91 Å². The molecule has 0 saturated heterocycles. The van der Waals surface area contributed by atoms with Crippen molar-refractivity contribution in [3.8, 4) is 0 Å². The highest BCUT2D eigenvalue weighted by Gasteiger charge is 2.12. The van der Waals surface area contributed by atoms with Crippen LogP contribution in [0, 0.1) is 0 Å². The van der Waals surface area contributed by atoms with Gasteiger partial charge in [-0.3, -0.25) is 4.79 Å². The Kier molecular flexibility index (Phi) is 5.62.